The highest BCUT2D eigenvalue weighted by Gasteiger charge is 2.25. The number of benzene rings is 4. The van der Waals surface area contributed by atoms with E-state index in [9.17, 15) is 19.2 Å². The Labute approximate surface area is 193 Å². The van der Waals surface area contributed by atoms with Crippen molar-refractivity contribution in [1.29, 1.82) is 0 Å². The summed E-state index contributed by atoms with van der Waals surface area (Å²) in [6, 6.07) is 6.16. The summed E-state index contributed by atoms with van der Waals surface area (Å²) >= 11 is 0. The van der Waals surface area contributed by atoms with E-state index >= 15 is 0 Å². The van der Waals surface area contributed by atoms with Gasteiger partial charge in [-0.2, -0.15) is 0 Å². The van der Waals surface area contributed by atoms with Crippen molar-refractivity contribution in [2.45, 2.75) is 12.8 Å². The monoisotopic (exact) mass is 438 g/mol. The molecule has 0 aromatic heterocycles. The Morgan fingerprint density at radius 3 is 1.15 bits per heavy atom. The number of hydrogen-bond acceptors (Lipinski definition) is 4. The van der Waals surface area contributed by atoms with Gasteiger partial charge in [-0.1, -0.05) is 60.1 Å². The molecule has 34 heavy (non-hydrogen) atoms. The Hall–Kier alpha value is -4.80. The second-order valence-electron chi connectivity index (χ2n) is 8.36. The first kappa shape index (κ1) is 19.9. The minimum Gasteiger partial charge on any atom is -0.285 e. The van der Waals surface area contributed by atoms with Crippen molar-refractivity contribution in [3.05, 3.63) is 124 Å². The standard InChI is InChI=1S/C30H14O4/c31-27-21-13-19(11-9-17-5-1-2-6-17)14-22-25(21)26-23(29(27)33)15-20(12-10-18-7-3-4-8-18)16-24(26)30(34)28(22)32/h1-5,7,13-16H,6,8H2. The molecule has 0 heterocycles. The average Bonchev–Trinajstić information content (AvgIpc) is 3.56. The third kappa shape index (κ3) is 2.98. The lowest BCUT2D eigenvalue weighted by atomic mass is 9.85. The molecular weight excluding hydrogens is 424 g/mol. The highest BCUT2D eigenvalue weighted by atomic mass is 16.2. The molecule has 0 fully saturated rings. The van der Waals surface area contributed by atoms with Gasteiger partial charge in [-0.05, 0) is 37.1 Å². The molecule has 4 aliphatic rings. The van der Waals surface area contributed by atoms with E-state index in [0.717, 1.165) is 24.0 Å². The second-order valence-corrected chi connectivity index (χ2v) is 8.36. The van der Waals surface area contributed by atoms with Crippen LogP contribution in [0.1, 0.15) is 24.0 Å². The van der Waals surface area contributed by atoms with Gasteiger partial charge in [0.25, 0.3) is 0 Å². The van der Waals surface area contributed by atoms with Gasteiger partial charge in [-0.25, -0.2) is 0 Å². The maximum absolute atomic E-state index is 13.1. The van der Waals surface area contributed by atoms with Gasteiger partial charge in [0, 0.05) is 54.9 Å². The Morgan fingerprint density at radius 1 is 0.500 bits per heavy atom. The van der Waals surface area contributed by atoms with E-state index < -0.39 is 21.7 Å². The predicted octanol–water partition coefficient (Wildman–Crippen LogP) is 3.33. The van der Waals surface area contributed by atoms with Crippen LogP contribution in [0.4, 0.5) is 0 Å². The van der Waals surface area contributed by atoms with Crippen molar-refractivity contribution in [1.82, 2.24) is 0 Å². The fourth-order valence-corrected chi connectivity index (χ4v) is 4.56. The normalized spacial score (nSPS) is 14.4. The van der Waals surface area contributed by atoms with Gasteiger partial charge in [0.2, 0.25) is 21.7 Å². The largest absolute Gasteiger partial charge is 0.285 e. The Balaban J connectivity index is 1.66. The molecule has 6 rings (SSSR count). The summed E-state index contributed by atoms with van der Waals surface area (Å²) in [6.07, 6.45) is 13.0. The Morgan fingerprint density at radius 2 is 0.853 bits per heavy atom. The van der Waals surface area contributed by atoms with Crippen LogP contribution < -0.4 is 21.7 Å². The quantitative estimate of drug-likeness (QED) is 0.240. The molecule has 0 atom stereocenters. The van der Waals surface area contributed by atoms with Crippen LogP contribution in [0.5, 0.6) is 0 Å². The fraction of sp³-hybridized carbons (Fsp3) is 0.0667. The third-order valence-corrected chi connectivity index (χ3v) is 6.19. The van der Waals surface area contributed by atoms with E-state index in [1.165, 1.54) is 24.3 Å². The van der Waals surface area contributed by atoms with E-state index in [2.05, 4.69) is 23.7 Å². The van der Waals surface area contributed by atoms with Gasteiger partial charge < -0.3 is 0 Å². The number of hydrogen-bond donors (Lipinski definition) is 0. The van der Waals surface area contributed by atoms with E-state index in [0.29, 0.717) is 22.3 Å². The van der Waals surface area contributed by atoms with Crippen molar-refractivity contribution in [2.24, 2.45) is 0 Å². The van der Waals surface area contributed by atoms with E-state index in [1.54, 1.807) is 0 Å². The topological polar surface area (TPSA) is 68.3 Å². The van der Waals surface area contributed by atoms with Crippen LogP contribution in [-0.2, 0) is 0 Å². The summed E-state index contributed by atoms with van der Waals surface area (Å²) in [6.45, 7) is 0. The van der Waals surface area contributed by atoms with Crippen LogP contribution in [-0.4, -0.2) is 0 Å². The molecule has 4 nitrogen and oxygen atoms in total. The zero-order valence-electron chi connectivity index (χ0n) is 17.8. The first-order valence-corrected chi connectivity index (χ1v) is 10.8. The summed E-state index contributed by atoms with van der Waals surface area (Å²) in [5.74, 6) is 12.0. The molecule has 0 bridgehead atoms. The highest BCUT2D eigenvalue weighted by Crippen LogP contribution is 2.35. The molecule has 0 aliphatic heterocycles. The molecule has 4 aliphatic carbocycles. The lowest BCUT2D eigenvalue weighted by Gasteiger charge is -2.15. The summed E-state index contributed by atoms with van der Waals surface area (Å²) in [4.78, 5) is 52.3. The lowest BCUT2D eigenvalue weighted by Crippen LogP contribution is -2.31. The SMILES string of the molecule is O=c1c(=O)c2cc(C#CC3=CC=CC3)cc3c2-c2c1cc(C#CC1=CC=CC1)cc2c(=O)c3=O. The zero-order chi connectivity index (χ0) is 23.4. The Kier molecular flexibility index (Phi) is 4.30. The van der Waals surface area contributed by atoms with Gasteiger partial charge in [0.15, 0.2) is 0 Å². The highest BCUT2D eigenvalue weighted by molar-refractivity contribution is 6.12. The maximum Gasteiger partial charge on any atom is 0.234 e. The number of rotatable bonds is 0. The minimum atomic E-state index is -0.713. The number of allylic oxidation sites excluding steroid dienone is 8. The van der Waals surface area contributed by atoms with Crippen LogP contribution in [0.15, 0.2) is 91.0 Å². The van der Waals surface area contributed by atoms with Gasteiger partial charge in [-0.15, -0.1) is 0 Å². The molecule has 4 heteroatoms. The zero-order valence-corrected chi connectivity index (χ0v) is 17.8. The summed E-state index contributed by atoms with van der Waals surface area (Å²) in [5, 5.41) is 0.448. The summed E-state index contributed by atoms with van der Waals surface area (Å²) < 4.78 is 0. The molecule has 158 valence electrons. The van der Waals surface area contributed by atoms with E-state index in [1.807, 2.05) is 36.5 Å². The van der Waals surface area contributed by atoms with Crippen LogP contribution in [0.3, 0.4) is 0 Å². The van der Waals surface area contributed by atoms with Crippen molar-refractivity contribution in [3.63, 3.8) is 0 Å². The second kappa shape index (κ2) is 7.37. The van der Waals surface area contributed by atoms with Gasteiger partial charge in [-0.3, -0.25) is 19.2 Å². The molecule has 0 spiro atoms. The smallest absolute Gasteiger partial charge is 0.234 e. The minimum absolute atomic E-state index is 0.112. The molecule has 0 N–H and O–H groups in total. The predicted molar refractivity (Wildman–Crippen MR) is 134 cm³/mol. The lowest BCUT2D eigenvalue weighted by molar-refractivity contribution is 1.36. The summed E-state index contributed by atoms with van der Waals surface area (Å²) in [5.41, 5.74) is 0.467. The first-order valence-electron chi connectivity index (χ1n) is 10.8. The van der Waals surface area contributed by atoms with Crippen LogP contribution in [0, 0.1) is 23.7 Å². The molecule has 0 amide bonds. The van der Waals surface area contributed by atoms with E-state index in [-0.39, 0.29) is 21.5 Å². The molecule has 2 aromatic rings. The van der Waals surface area contributed by atoms with Crippen molar-refractivity contribution in [2.75, 3.05) is 0 Å². The van der Waals surface area contributed by atoms with Crippen LogP contribution >= 0.6 is 0 Å². The van der Waals surface area contributed by atoms with Gasteiger partial charge >= 0.3 is 0 Å². The third-order valence-electron chi connectivity index (χ3n) is 6.19. The van der Waals surface area contributed by atoms with Gasteiger partial charge in [0.05, 0.1) is 0 Å². The first-order chi connectivity index (χ1) is 16.5. The Bertz CT molecular complexity index is 1750. The fourth-order valence-electron chi connectivity index (χ4n) is 4.56. The molecule has 0 saturated heterocycles. The van der Waals surface area contributed by atoms with Crippen LogP contribution in [0.2, 0.25) is 0 Å². The van der Waals surface area contributed by atoms with Crippen molar-refractivity contribution >= 4 is 21.5 Å². The molecule has 0 unspecified atom stereocenters. The maximum atomic E-state index is 13.1. The molecule has 2 aromatic carbocycles. The average molecular weight is 438 g/mol. The van der Waals surface area contributed by atoms with Crippen LogP contribution in [0.25, 0.3) is 32.7 Å². The molecule has 0 saturated carbocycles. The van der Waals surface area contributed by atoms with E-state index in [4.69, 9.17) is 0 Å². The van der Waals surface area contributed by atoms with Crippen molar-refractivity contribution < 1.29 is 0 Å². The van der Waals surface area contributed by atoms with Crippen molar-refractivity contribution in [3.8, 4) is 34.8 Å². The van der Waals surface area contributed by atoms with Gasteiger partial charge in [0.1, 0.15) is 0 Å². The molecule has 0 radical (unpaired) electrons. The summed E-state index contributed by atoms with van der Waals surface area (Å²) in [7, 11) is 0. The molecular formula is C30H14O4.